The molecule has 1 aliphatic heterocycles. The van der Waals surface area contributed by atoms with Crippen LogP contribution in [0.3, 0.4) is 0 Å². The molecule has 0 bridgehead atoms. The van der Waals surface area contributed by atoms with Gasteiger partial charge in [-0.3, -0.25) is 0 Å². The zero-order valence-corrected chi connectivity index (χ0v) is 22.1. The first-order chi connectivity index (χ1) is 18.5. The lowest BCUT2D eigenvalue weighted by atomic mass is 9.87. The summed E-state index contributed by atoms with van der Waals surface area (Å²) in [5.41, 5.74) is 10.6. The fourth-order valence-electron chi connectivity index (χ4n) is 5.51. The van der Waals surface area contributed by atoms with Gasteiger partial charge in [0.05, 0.1) is 6.26 Å². The van der Waals surface area contributed by atoms with Crippen LogP contribution in [0.25, 0.3) is 44.3 Å². The van der Waals surface area contributed by atoms with Crippen LogP contribution in [-0.4, -0.2) is 0 Å². The van der Waals surface area contributed by atoms with E-state index in [4.69, 9.17) is 4.74 Å². The molecule has 5 aromatic rings. The number of fused-ring (bicyclic) bond motifs is 4. The Bertz CT molecular complexity index is 1830. The molecule has 0 N–H and O–H groups in total. The molecule has 0 aliphatic carbocycles. The highest BCUT2D eigenvalue weighted by molar-refractivity contribution is 6.15. The highest BCUT2D eigenvalue weighted by Crippen LogP contribution is 2.40. The molecule has 0 saturated carbocycles. The summed E-state index contributed by atoms with van der Waals surface area (Å²) in [6.45, 7) is 11.1. The van der Waals surface area contributed by atoms with Gasteiger partial charge >= 0.3 is 0 Å². The quantitative estimate of drug-likeness (QED) is 0.181. The maximum atomic E-state index is 5.82. The van der Waals surface area contributed by atoms with Gasteiger partial charge in [0.1, 0.15) is 5.75 Å². The Morgan fingerprint density at radius 3 is 2.45 bits per heavy atom. The predicted octanol–water partition coefficient (Wildman–Crippen LogP) is 10.2. The standard InChI is InChI=1S/C37H30O/c1-24-11-5-6-13-28(24)21-26(3)34-22-30-19-18-29(23-35(30)33-15-9-12-25(2)37(33)34)31-16-10-20-38-36-17-8-7-14-32(36)27(31)4/h5-23H,4H2,1-3H3/b20-10-,26-21-,31-16+. The number of hydrogen-bond donors (Lipinski definition) is 0. The normalized spacial score (nSPS) is 15.8. The summed E-state index contributed by atoms with van der Waals surface area (Å²) >= 11 is 0. The molecule has 0 fully saturated rings. The van der Waals surface area contributed by atoms with E-state index in [-0.39, 0.29) is 0 Å². The van der Waals surface area contributed by atoms with E-state index in [1.54, 1.807) is 6.26 Å². The van der Waals surface area contributed by atoms with Crippen LogP contribution in [0.15, 0.2) is 116 Å². The molecule has 1 nitrogen and oxygen atoms in total. The SMILES string of the molecule is C=C1/C(c2ccc3cc(/C(C)=C\c4ccccc4C)c4c(C)cccc4c3c2)=C\C=C/Oc2ccccc21. The first-order valence-electron chi connectivity index (χ1n) is 13.0. The Balaban J connectivity index is 1.55. The molecule has 0 radical (unpaired) electrons. The van der Waals surface area contributed by atoms with Gasteiger partial charge in [-0.15, -0.1) is 0 Å². The summed E-state index contributed by atoms with van der Waals surface area (Å²) in [7, 11) is 0. The minimum Gasteiger partial charge on any atom is -0.464 e. The maximum absolute atomic E-state index is 5.82. The fourth-order valence-corrected chi connectivity index (χ4v) is 5.51. The van der Waals surface area contributed by atoms with Gasteiger partial charge in [0.15, 0.2) is 0 Å². The molecule has 0 aromatic heterocycles. The molecule has 6 rings (SSSR count). The molecule has 38 heavy (non-hydrogen) atoms. The van der Waals surface area contributed by atoms with E-state index in [1.165, 1.54) is 49.4 Å². The summed E-state index contributed by atoms with van der Waals surface area (Å²) < 4.78 is 5.82. The molecule has 0 saturated heterocycles. The van der Waals surface area contributed by atoms with E-state index in [0.717, 1.165) is 28.0 Å². The van der Waals surface area contributed by atoms with Crippen molar-refractivity contribution in [2.45, 2.75) is 20.8 Å². The van der Waals surface area contributed by atoms with Gasteiger partial charge in [-0.2, -0.15) is 0 Å². The molecule has 184 valence electrons. The minimum atomic E-state index is 0.821. The number of allylic oxidation sites excluding steroid dienone is 5. The third-order valence-corrected chi connectivity index (χ3v) is 7.56. The first kappa shape index (κ1) is 23.8. The number of ether oxygens (including phenoxy) is 1. The monoisotopic (exact) mass is 490 g/mol. The van der Waals surface area contributed by atoms with Gasteiger partial charge in [0.25, 0.3) is 0 Å². The second kappa shape index (κ2) is 9.68. The topological polar surface area (TPSA) is 9.23 Å². The molecule has 0 unspecified atom stereocenters. The van der Waals surface area contributed by atoms with Gasteiger partial charge < -0.3 is 4.74 Å². The van der Waals surface area contributed by atoms with Crippen molar-refractivity contribution < 1.29 is 4.74 Å². The van der Waals surface area contributed by atoms with Gasteiger partial charge in [-0.25, -0.2) is 0 Å². The summed E-state index contributed by atoms with van der Waals surface area (Å²) in [6.07, 6.45) is 8.09. The van der Waals surface area contributed by atoms with Crippen molar-refractivity contribution in [3.8, 4) is 5.75 Å². The average Bonchev–Trinajstić information content (AvgIpc) is 2.92. The van der Waals surface area contributed by atoms with Gasteiger partial charge in [0.2, 0.25) is 0 Å². The molecule has 0 spiro atoms. The molecule has 1 heteroatoms. The smallest absolute Gasteiger partial charge is 0.134 e. The minimum absolute atomic E-state index is 0.821. The van der Waals surface area contributed by atoms with Crippen molar-refractivity contribution >= 4 is 44.3 Å². The van der Waals surface area contributed by atoms with Crippen LogP contribution in [0.5, 0.6) is 5.75 Å². The number of aryl methyl sites for hydroxylation is 2. The lowest BCUT2D eigenvalue weighted by Crippen LogP contribution is -1.96. The Hall–Kier alpha value is -4.62. The van der Waals surface area contributed by atoms with E-state index < -0.39 is 0 Å². The van der Waals surface area contributed by atoms with Gasteiger partial charge in [-0.1, -0.05) is 91.5 Å². The third-order valence-electron chi connectivity index (χ3n) is 7.56. The molecule has 1 heterocycles. The highest BCUT2D eigenvalue weighted by Gasteiger charge is 2.16. The van der Waals surface area contributed by atoms with E-state index in [1.807, 2.05) is 24.3 Å². The number of hydrogen-bond acceptors (Lipinski definition) is 1. The Morgan fingerprint density at radius 1 is 0.789 bits per heavy atom. The van der Waals surface area contributed by atoms with Crippen LogP contribution in [0.1, 0.15) is 40.3 Å². The summed E-state index contributed by atoms with van der Waals surface area (Å²) in [5, 5.41) is 5.06. The van der Waals surface area contributed by atoms with Crippen molar-refractivity contribution in [1.82, 2.24) is 0 Å². The second-order valence-electron chi connectivity index (χ2n) is 10.0. The number of rotatable bonds is 3. The fraction of sp³-hybridized carbons (Fsp3) is 0.0811. The van der Waals surface area contributed by atoms with Crippen molar-refractivity contribution in [2.24, 2.45) is 0 Å². The number of para-hydroxylation sites is 1. The third kappa shape index (κ3) is 4.17. The van der Waals surface area contributed by atoms with Crippen LogP contribution in [-0.2, 0) is 0 Å². The molecule has 5 aromatic carbocycles. The highest BCUT2D eigenvalue weighted by atomic mass is 16.5. The first-order valence-corrected chi connectivity index (χ1v) is 13.0. The Morgan fingerprint density at radius 2 is 1.58 bits per heavy atom. The summed E-state index contributed by atoms with van der Waals surface area (Å²) in [5.74, 6) is 0.821. The average molecular weight is 491 g/mol. The van der Waals surface area contributed by atoms with Crippen LogP contribution in [0, 0.1) is 13.8 Å². The lowest BCUT2D eigenvalue weighted by molar-refractivity contribution is 0.479. The van der Waals surface area contributed by atoms with E-state index in [0.29, 0.717) is 0 Å². The van der Waals surface area contributed by atoms with Crippen molar-refractivity contribution in [3.05, 3.63) is 149 Å². The lowest BCUT2D eigenvalue weighted by Gasteiger charge is -2.18. The molecule has 0 atom stereocenters. The van der Waals surface area contributed by atoms with Gasteiger partial charge in [0, 0.05) is 5.56 Å². The molecular formula is C37H30O. The predicted molar refractivity (Wildman–Crippen MR) is 164 cm³/mol. The van der Waals surface area contributed by atoms with Crippen molar-refractivity contribution in [2.75, 3.05) is 0 Å². The van der Waals surface area contributed by atoms with Crippen LogP contribution in [0.2, 0.25) is 0 Å². The summed E-state index contributed by atoms with van der Waals surface area (Å²) in [4.78, 5) is 0. The van der Waals surface area contributed by atoms with Crippen molar-refractivity contribution in [1.29, 1.82) is 0 Å². The van der Waals surface area contributed by atoms with Gasteiger partial charge in [-0.05, 0) is 111 Å². The summed E-state index contributed by atoms with van der Waals surface area (Å²) in [6, 6.07) is 32.4. The van der Waals surface area contributed by atoms with Crippen LogP contribution in [0.4, 0.5) is 0 Å². The second-order valence-corrected chi connectivity index (χ2v) is 10.0. The Kier molecular flexibility index (Phi) is 6.05. The number of benzene rings is 5. The van der Waals surface area contributed by atoms with Crippen LogP contribution >= 0.6 is 0 Å². The molecular weight excluding hydrogens is 460 g/mol. The largest absolute Gasteiger partial charge is 0.464 e. The Labute approximate surface area is 224 Å². The van der Waals surface area contributed by atoms with E-state index in [2.05, 4.69) is 112 Å². The zero-order valence-electron chi connectivity index (χ0n) is 22.1. The van der Waals surface area contributed by atoms with Crippen LogP contribution < -0.4 is 4.74 Å². The van der Waals surface area contributed by atoms with Crippen molar-refractivity contribution in [3.63, 3.8) is 0 Å². The maximum Gasteiger partial charge on any atom is 0.134 e. The molecule has 0 amide bonds. The van der Waals surface area contributed by atoms with E-state index >= 15 is 0 Å². The molecule has 1 aliphatic rings. The van der Waals surface area contributed by atoms with E-state index in [9.17, 15) is 0 Å². The zero-order chi connectivity index (χ0) is 26.2.